The zero-order chi connectivity index (χ0) is 15.3. The van der Waals surface area contributed by atoms with Crippen molar-refractivity contribution in [2.24, 2.45) is 7.05 Å². The standard InChI is InChI=1S/C14H11FN6S/c1-8-11(7-20(2)18-8)13-19-21-12(16-17-14(21)22-13)9-3-5-10(15)6-4-9/h3-7H,1-2H3. The van der Waals surface area contributed by atoms with Crippen molar-refractivity contribution in [1.29, 1.82) is 0 Å². The van der Waals surface area contributed by atoms with Crippen LogP contribution in [0.25, 0.3) is 26.9 Å². The van der Waals surface area contributed by atoms with Crippen LogP contribution in [0, 0.1) is 12.7 Å². The normalized spacial score (nSPS) is 11.4. The lowest BCUT2D eigenvalue weighted by molar-refractivity contribution is 0.628. The van der Waals surface area contributed by atoms with Crippen molar-refractivity contribution in [1.82, 2.24) is 29.6 Å². The molecule has 0 amide bonds. The summed E-state index contributed by atoms with van der Waals surface area (Å²) >= 11 is 1.45. The van der Waals surface area contributed by atoms with E-state index in [2.05, 4.69) is 20.4 Å². The molecule has 0 N–H and O–H groups in total. The second-order valence-electron chi connectivity index (χ2n) is 4.93. The van der Waals surface area contributed by atoms with Gasteiger partial charge >= 0.3 is 0 Å². The zero-order valence-corrected chi connectivity index (χ0v) is 12.7. The predicted octanol–water partition coefficient (Wildman–Crippen LogP) is 2.70. The van der Waals surface area contributed by atoms with Gasteiger partial charge in [0.2, 0.25) is 4.96 Å². The second kappa shape index (κ2) is 4.70. The number of hydrogen-bond acceptors (Lipinski definition) is 5. The fourth-order valence-electron chi connectivity index (χ4n) is 2.31. The maximum absolute atomic E-state index is 13.0. The average molecular weight is 314 g/mol. The molecule has 0 spiro atoms. The summed E-state index contributed by atoms with van der Waals surface area (Å²) in [6, 6.07) is 6.13. The molecule has 0 radical (unpaired) electrons. The first-order valence-electron chi connectivity index (χ1n) is 6.60. The molecule has 0 unspecified atom stereocenters. The molecular formula is C14H11FN6S. The maximum atomic E-state index is 13.0. The molecule has 0 bridgehead atoms. The van der Waals surface area contributed by atoms with Crippen molar-refractivity contribution in [3.05, 3.63) is 42.0 Å². The smallest absolute Gasteiger partial charge is 0.235 e. The molecule has 110 valence electrons. The third-order valence-corrected chi connectivity index (χ3v) is 4.27. The van der Waals surface area contributed by atoms with Crippen LogP contribution >= 0.6 is 11.3 Å². The van der Waals surface area contributed by atoms with Crippen LogP contribution in [0.3, 0.4) is 0 Å². The minimum absolute atomic E-state index is 0.283. The first-order valence-corrected chi connectivity index (χ1v) is 7.42. The summed E-state index contributed by atoms with van der Waals surface area (Å²) < 4.78 is 16.5. The van der Waals surface area contributed by atoms with E-state index in [1.54, 1.807) is 21.3 Å². The molecule has 0 aliphatic heterocycles. The molecule has 0 saturated heterocycles. The first-order chi connectivity index (χ1) is 10.6. The first kappa shape index (κ1) is 13.1. The molecule has 0 atom stereocenters. The quantitative estimate of drug-likeness (QED) is 0.571. The van der Waals surface area contributed by atoms with Gasteiger partial charge in [-0.3, -0.25) is 4.68 Å². The summed E-state index contributed by atoms with van der Waals surface area (Å²) in [5.41, 5.74) is 2.66. The summed E-state index contributed by atoms with van der Waals surface area (Å²) in [4.78, 5) is 0.692. The summed E-state index contributed by atoms with van der Waals surface area (Å²) in [6.07, 6.45) is 1.93. The van der Waals surface area contributed by atoms with Crippen LogP contribution in [-0.2, 0) is 7.05 Å². The van der Waals surface area contributed by atoms with Crippen LogP contribution in [-0.4, -0.2) is 29.6 Å². The highest BCUT2D eigenvalue weighted by Crippen LogP contribution is 2.29. The van der Waals surface area contributed by atoms with E-state index < -0.39 is 0 Å². The number of benzene rings is 1. The van der Waals surface area contributed by atoms with Crippen LogP contribution in [0.4, 0.5) is 4.39 Å². The van der Waals surface area contributed by atoms with E-state index in [1.165, 1.54) is 23.5 Å². The Morgan fingerprint density at radius 2 is 1.86 bits per heavy atom. The highest BCUT2D eigenvalue weighted by atomic mass is 32.1. The van der Waals surface area contributed by atoms with Gasteiger partial charge in [0, 0.05) is 18.8 Å². The zero-order valence-electron chi connectivity index (χ0n) is 11.9. The monoisotopic (exact) mass is 314 g/mol. The van der Waals surface area contributed by atoms with E-state index in [0.717, 1.165) is 21.8 Å². The van der Waals surface area contributed by atoms with Crippen LogP contribution in [0.2, 0.25) is 0 Å². The van der Waals surface area contributed by atoms with Gasteiger partial charge in [-0.15, -0.1) is 10.2 Å². The molecule has 0 aliphatic carbocycles. The van der Waals surface area contributed by atoms with Gasteiger partial charge in [-0.2, -0.15) is 14.7 Å². The van der Waals surface area contributed by atoms with Gasteiger partial charge in [0.25, 0.3) is 0 Å². The van der Waals surface area contributed by atoms with Crippen LogP contribution in [0.1, 0.15) is 5.69 Å². The molecule has 0 fully saturated rings. The Labute approximate surface area is 128 Å². The molecule has 0 saturated carbocycles. The number of aromatic nitrogens is 6. The molecule has 4 rings (SSSR count). The molecule has 6 nitrogen and oxygen atoms in total. The fourth-order valence-corrected chi connectivity index (χ4v) is 3.22. The number of nitrogens with zero attached hydrogens (tertiary/aromatic N) is 6. The van der Waals surface area contributed by atoms with Crippen molar-refractivity contribution < 1.29 is 4.39 Å². The molecule has 0 aliphatic rings. The lowest BCUT2D eigenvalue weighted by Crippen LogP contribution is -1.91. The molecule has 3 aromatic heterocycles. The molecule has 4 aromatic rings. The van der Waals surface area contributed by atoms with Gasteiger partial charge in [0.15, 0.2) is 10.8 Å². The van der Waals surface area contributed by atoms with E-state index in [4.69, 9.17) is 0 Å². The van der Waals surface area contributed by atoms with Gasteiger partial charge in [0.1, 0.15) is 5.82 Å². The van der Waals surface area contributed by atoms with Gasteiger partial charge in [-0.1, -0.05) is 11.3 Å². The number of rotatable bonds is 2. The van der Waals surface area contributed by atoms with Crippen LogP contribution in [0.15, 0.2) is 30.5 Å². The summed E-state index contributed by atoms with van der Waals surface area (Å²) in [7, 11) is 1.88. The Balaban J connectivity index is 1.86. The summed E-state index contributed by atoms with van der Waals surface area (Å²) in [5.74, 6) is 0.313. The summed E-state index contributed by atoms with van der Waals surface area (Å²) in [5, 5.41) is 18.0. The Kier molecular flexibility index (Phi) is 2.80. The van der Waals surface area contributed by atoms with Gasteiger partial charge in [-0.25, -0.2) is 4.39 Å². The van der Waals surface area contributed by atoms with E-state index >= 15 is 0 Å². The predicted molar refractivity (Wildman–Crippen MR) is 81.0 cm³/mol. The lowest BCUT2D eigenvalue weighted by atomic mass is 10.2. The van der Waals surface area contributed by atoms with Crippen molar-refractivity contribution >= 4 is 16.3 Å². The summed E-state index contributed by atoms with van der Waals surface area (Å²) in [6.45, 7) is 1.94. The van der Waals surface area contributed by atoms with E-state index in [-0.39, 0.29) is 5.82 Å². The molecule has 3 heterocycles. The number of fused-ring (bicyclic) bond motifs is 1. The van der Waals surface area contributed by atoms with Gasteiger partial charge in [0.05, 0.1) is 11.3 Å². The van der Waals surface area contributed by atoms with E-state index in [0.29, 0.717) is 10.8 Å². The van der Waals surface area contributed by atoms with Crippen molar-refractivity contribution in [2.75, 3.05) is 0 Å². The third-order valence-electron chi connectivity index (χ3n) is 3.34. The Hall–Kier alpha value is -2.61. The average Bonchev–Trinajstić information content (AvgIpc) is 3.13. The molecule has 22 heavy (non-hydrogen) atoms. The van der Waals surface area contributed by atoms with Crippen molar-refractivity contribution in [3.63, 3.8) is 0 Å². The van der Waals surface area contributed by atoms with E-state index in [1.807, 2.05) is 20.2 Å². The van der Waals surface area contributed by atoms with Crippen LogP contribution in [0.5, 0.6) is 0 Å². The lowest BCUT2D eigenvalue weighted by Gasteiger charge is -1.96. The topological polar surface area (TPSA) is 60.9 Å². The third kappa shape index (κ3) is 2.00. The van der Waals surface area contributed by atoms with Gasteiger partial charge < -0.3 is 0 Å². The maximum Gasteiger partial charge on any atom is 0.235 e. The van der Waals surface area contributed by atoms with Gasteiger partial charge in [-0.05, 0) is 31.2 Å². The highest BCUT2D eigenvalue weighted by Gasteiger charge is 2.16. The van der Waals surface area contributed by atoms with E-state index in [9.17, 15) is 4.39 Å². The fraction of sp³-hybridized carbons (Fsp3) is 0.143. The van der Waals surface area contributed by atoms with Crippen molar-refractivity contribution in [2.45, 2.75) is 6.92 Å². The number of hydrogen-bond donors (Lipinski definition) is 0. The molecule has 8 heteroatoms. The Bertz CT molecular complexity index is 965. The number of aryl methyl sites for hydroxylation is 2. The minimum Gasteiger partial charge on any atom is -0.275 e. The molecular weight excluding hydrogens is 303 g/mol. The Morgan fingerprint density at radius 3 is 2.55 bits per heavy atom. The largest absolute Gasteiger partial charge is 0.275 e. The number of halogens is 1. The minimum atomic E-state index is -0.283. The second-order valence-corrected chi connectivity index (χ2v) is 5.89. The highest BCUT2D eigenvalue weighted by molar-refractivity contribution is 7.19. The van der Waals surface area contributed by atoms with Crippen molar-refractivity contribution in [3.8, 4) is 22.0 Å². The Morgan fingerprint density at radius 1 is 1.09 bits per heavy atom. The van der Waals surface area contributed by atoms with Crippen LogP contribution < -0.4 is 0 Å². The molecule has 1 aromatic carbocycles. The SMILES string of the molecule is Cc1nn(C)cc1-c1nn2c(-c3ccc(F)cc3)nnc2s1.